The minimum atomic E-state index is 0.225. The Hall–Kier alpha value is -1.83. The van der Waals surface area contributed by atoms with Crippen LogP contribution in [0.4, 0.5) is 0 Å². The van der Waals surface area contributed by atoms with Gasteiger partial charge in [-0.1, -0.05) is 24.8 Å². The van der Waals surface area contributed by atoms with Crippen LogP contribution in [-0.2, 0) is 6.42 Å². The molecule has 1 heterocycles. The molecule has 2 rings (SSSR count). The average molecular weight is 199 g/mol. The summed E-state index contributed by atoms with van der Waals surface area (Å²) in [5, 5.41) is 10.1. The molecule has 0 spiro atoms. The molecular weight excluding hydrogens is 186 g/mol. The number of aliphatic hydroxyl groups is 1. The molecule has 0 saturated carbocycles. The second-order valence-electron chi connectivity index (χ2n) is 3.60. The predicted molar refractivity (Wildman–Crippen MR) is 61.8 cm³/mol. The lowest BCUT2D eigenvalue weighted by Gasteiger charge is -2.02. The van der Waals surface area contributed by atoms with Gasteiger partial charge in [0.15, 0.2) is 0 Å². The Bertz CT molecular complexity index is 491. The summed E-state index contributed by atoms with van der Waals surface area (Å²) in [6.45, 7) is 3.47. The molecule has 0 bridgehead atoms. The molecule has 1 aromatic heterocycles. The first-order valence-corrected chi connectivity index (χ1v) is 4.96. The number of hydrogen-bond donors (Lipinski definition) is 1. The number of para-hydroxylation sites is 1. The van der Waals surface area contributed by atoms with Crippen LogP contribution < -0.4 is 0 Å². The maximum Gasteiger partial charge on any atom is 0.0854 e. The van der Waals surface area contributed by atoms with E-state index in [1.807, 2.05) is 30.5 Å². The molecule has 0 saturated heterocycles. The fourth-order valence-corrected chi connectivity index (χ4v) is 1.54. The van der Waals surface area contributed by atoms with Crippen molar-refractivity contribution in [1.82, 2.24) is 4.98 Å². The Morgan fingerprint density at radius 2 is 2.13 bits per heavy atom. The van der Waals surface area contributed by atoms with Gasteiger partial charge in [-0.3, -0.25) is 4.98 Å². The molecule has 0 aliphatic carbocycles. The Labute approximate surface area is 88.9 Å². The van der Waals surface area contributed by atoms with Crippen molar-refractivity contribution in [1.29, 1.82) is 0 Å². The lowest BCUT2D eigenvalue weighted by molar-refractivity contribution is 0.391. The Kier molecular flexibility index (Phi) is 2.68. The van der Waals surface area contributed by atoms with Gasteiger partial charge in [-0.25, -0.2) is 0 Å². The van der Waals surface area contributed by atoms with Gasteiger partial charge in [0.25, 0.3) is 0 Å². The minimum absolute atomic E-state index is 0.225. The van der Waals surface area contributed by atoms with Crippen molar-refractivity contribution >= 4 is 10.9 Å². The van der Waals surface area contributed by atoms with Crippen molar-refractivity contribution in [3.05, 3.63) is 54.4 Å². The molecule has 2 heteroatoms. The van der Waals surface area contributed by atoms with Crippen LogP contribution in [0.2, 0.25) is 0 Å². The van der Waals surface area contributed by atoms with Crippen LogP contribution in [0, 0.1) is 0 Å². The van der Waals surface area contributed by atoms with Gasteiger partial charge in [-0.15, -0.1) is 0 Å². The highest BCUT2D eigenvalue weighted by Crippen LogP contribution is 2.14. The number of pyridine rings is 1. The number of benzene rings is 1. The molecule has 2 aromatic rings. The summed E-state index contributed by atoms with van der Waals surface area (Å²) in [4.78, 5) is 4.35. The van der Waals surface area contributed by atoms with E-state index in [2.05, 4.69) is 17.6 Å². The number of hydrogen-bond acceptors (Lipinski definition) is 2. The molecule has 0 radical (unpaired) electrons. The van der Waals surface area contributed by atoms with Gasteiger partial charge in [0.05, 0.1) is 11.3 Å². The summed E-state index contributed by atoms with van der Waals surface area (Å²) in [5.41, 5.74) is 2.13. The molecule has 0 fully saturated rings. The normalized spacial score (nSPS) is 10.4. The molecule has 0 aliphatic rings. The Balaban J connectivity index is 2.26. The lowest BCUT2D eigenvalue weighted by Crippen LogP contribution is -1.89. The number of allylic oxidation sites excluding steroid dienone is 1. The second kappa shape index (κ2) is 4.13. The van der Waals surface area contributed by atoms with E-state index < -0.39 is 0 Å². The van der Waals surface area contributed by atoms with Gasteiger partial charge < -0.3 is 5.11 Å². The highest BCUT2D eigenvalue weighted by Gasteiger charge is 1.98. The van der Waals surface area contributed by atoms with Crippen LogP contribution in [-0.4, -0.2) is 10.1 Å². The van der Waals surface area contributed by atoms with Gasteiger partial charge in [0.2, 0.25) is 0 Å². The van der Waals surface area contributed by atoms with Crippen LogP contribution in [0.5, 0.6) is 0 Å². The SMILES string of the molecule is C=C(O)CCc1cnc2ccccc2c1. The minimum Gasteiger partial charge on any atom is -0.513 e. The van der Waals surface area contributed by atoms with E-state index in [0.29, 0.717) is 6.42 Å². The van der Waals surface area contributed by atoms with Crippen molar-refractivity contribution in [2.24, 2.45) is 0 Å². The number of rotatable bonds is 3. The van der Waals surface area contributed by atoms with Gasteiger partial charge in [0.1, 0.15) is 0 Å². The summed E-state index contributed by atoms with van der Waals surface area (Å²) < 4.78 is 0. The largest absolute Gasteiger partial charge is 0.513 e. The lowest BCUT2D eigenvalue weighted by atomic mass is 10.1. The number of fused-ring (bicyclic) bond motifs is 1. The van der Waals surface area contributed by atoms with Crippen molar-refractivity contribution in [3.63, 3.8) is 0 Å². The van der Waals surface area contributed by atoms with E-state index in [9.17, 15) is 0 Å². The van der Waals surface area contributed by atoms with Gasteiger partial charge in [0, 0.05) is 18.0 Å². The molecule has 15 heavy (non-hydrogen) atoms. The summed E-state index contributed by atoms with van der Waals surface area (Å²) in [6.07, 6.45) is 3.23. The Morgan fingerprint density at radius 3 is 2.93 bits per heavy atom. The Morgan fingerprint density at radius 1 is 1.33 bits per heavy atom. The van der Waals surface area contributed by atoms with Crippen LogP contribution in [0.1, 0.15) is 12.0 Å². The molecule has 2 nitrogen and oxygen atoms in total. The first kappa shape index (κ1) is 9.71. The monoisotopic (exact) mass is 199 g/mol. The number of aromatic nitrogens is 1. The average Bonchev–Trinajstić information content (AvgIpc) is 2.26. The van der Waals surface area contributed by atoms with E-state index in [4.69, 9.17) is 5.11 Å². The topological polar surface area (TPSA) is 33.1 Å². The summed E-state index contributed by atoms with van der Waals surface area (Å²) in [6, 6.07) is 10.1. The van der Waals surface area contributed by atoms with Crippen molar-refractivity contribution in [3.8, 4) is 0 Å². The molecule has 1 N–H and O–H groups in total. The zero-order valence-corrected chi connectivity index (χ0v) is 8.48. The fourth-order valence-electron chi connectivity index (χ4n) is 1.54. The maximum absolute atomic E-state index is 9.01. The highest BCUT2D eigenvalue weighted by molar-refractivity contribution is 5.78. The van der Waals surface area contributed by atoms with Crippen LogP contribution in [0.25, 0.3) is 10.9 Å². The predicted octanol–water partition coefficient (Wildman–Crippen LogP) is 3.24. The van der Waals surface area contributed by atoms with Gasteiger partial charge >= 0.3 is 0 Å². The van der Waals surface area contributed by atoms with Crippen molar-refractivity contribution in [2.75, 3.05) is 0 Å². The first-order valence-electron chi connectivity index (χ1n) is 4.96. The molecule has 1 aromatic carbocycles. The third-order valence-corrected chi connectivity index (χ3v) is 2.35. The molecular formula is C13H13NO. The van der Waals surface area contributed by atoms with Crippen molar-refractivity contribution < 1.29 is 5.11 Å². The molecule has 76 valence electrons. The van der Waals surface area contributed by atoms with Crippen LogP contribution in [0.3, 0.4) is 0 Å². The summed E-state index contributed by atoms with van der Waals surface area (Å²) >= 11 is 0. The smallest absolute Gasteiger partial charge is 0.0854 e. The maximum atomic E-state index is 9.01. The zero-order chi connectivity index (χ0) is 10.7. The fraction of sp³-hybridized carbons (Fsp3) is 0.154. The quantitative estimate of drug-likeness (QED) is 0.770. The third kappa shape index (κ3) is 2.34. The van der Waals surface area contributed by atoms with Crippen molar-refractivity contribution in [2.45, 2.75) is 12.8 Å². The number of aliphatic hydroxyl groups excluding tert-OH is 1. The second-order valence-corrected chi connectivity index (χ2v) is 3.60. The standard InChI is InChI=1S/C13H13NO/c1-10(15)6-7-11-8-12-4-2-3-5-13(12)14-9-11/h2-5,8-9,15H,1,6-7H2. The van der Waals surface area contributed by atoms with Crippen LogP contribution in [0.15, 0.2) is 48.9 Å². The number of aryl methyl sites for hydroxylation is 1. The summed E-state index contributed by atoms with van der Waals surface area (Å²) in [5.74, 6) is 0.225. The van der Waals surface area contributed by atoms with E-state index >= 15 is 0 Å². The van der Waals surface area contributed by atoms with Crippen LogP contribution >= 0.6 is 0 Å². The summed E-state index contributed by atoms with van der Waals surface area (Å²) in [7, 11) is 0. The molecule has 0 unspecified atom stereocenters. The molecule has 0 amide bonds. The molecule has 0 aliphatic heterocycles. The molecule has 0 atom stereocenters. The van der Waals surface area contributed by atoms with Gasteiger partial charge in [-0.2, -0.15) is 0 Å². The van der Waals surface area contributed by atoms with E-state index in [1.54, 1.807) is 0 Å². The van der Waals surface area contributed by atoms with E-state index in [0.717, 1.165) is 22.9 Å². The first-order chi connectivity index (χ1) is 7.25. The van der Waals surface area contributed by atoms with E-state index in [-0.39, 0.29) is 5.76 Å². The zero-order valence-electron chi connectivity index (χ0n) is 8.48. The highest BCUT2D eigenvalue weighted by atomic mass is 16.3. The third-order valence-electron chi connectivity index (χ3n) is 2.35. The van der Waals surface area contributed by atoms with E-state index in [1.165, 1.54) is 0 Å². The number of nitrogens with zero attached hydrogens (tertiary/aromatic N) is 1. The van der Waals surface area contributed by atoms with Gasteiger partial charge in [-0.05, 0) is 24.1 Å².